The van der Waals surface area contributed by atoms with Crippen LogP contribution < -0.4 is 5.73 Å². The molecule has 2 aromatic carbocycles. The van der Waals surface area contributed by atoms with Crippen LogP contribution in [0, 0.1) is 15.9 Å². The van der Waals surface area contributed by atoms with E-state index in [9.17, 15) is 14.5 Å². The van der Waals surface area contributed by atoms with Crippen LogP contribution in [-0.2, 0) is 6.42 Å². The smallest absolute Gasteiger partial charge is 0.272 e. The van der Waals surface area contributed by atoms with Gasteiger partial charge in [0.2, 0.25) is 0 Å². The van der Waals surface area contributed by atoms with Gasteiger partial charge in [-0.05, 0) is 24.6 Å². The maximum Gasteiger partial charge on any atom is 0.272 e. The van der Waals surface area contributed by atoms with E-state index in [1.165, 1.54) is 36.0 Å². The third-order valence-corrected chi connectivity index (χ3v) is 3.87. The van der Waals surface area contributed by atoms with Crippen molar-refractivity contribution in [3.63, 3.8) is 0 Å². The van der Waals surface area contributed by atoms with Gasteiger partial charge >= 0.3 is 0 Å². The van der Waals surface area contributed by atoms with Gasteiger partial charge in [-0.25, -0.2) is 4.39 Å². The van der Waals surface area contributed by atoms with Crippen LogP contribution in [0.25, 0.3) is 0 Å². The highest BCUT2D eigenvalue weighted by Crippen LogP contribution is 2.27. The molecule has 0 aromatic heterocycles. The van der Waals surface area contributed by atoms with Crippen molar-refractivity contribution in [3.05, 3.63) is 64.0 Å². The van der Waals surface area contributed by atoms with Crippen molar-refractivity contribution < 1.29 is 9.31 Å². The second-order valence-corrected chi connectivity index (χ2v) is 5.30. The quantitative estimate of drug-likeness (QED) is 0.395. The molecule has 2 rings (SSSR count). The zero-order valence-corrected chi connectivity index (χ0v) is 11.4. The van der Waals surface area contributed by atoms with Crippen LogP contribution >= 0.6 is 11.8 Å². The maximum absolute atomic E-state index is 13.1. The van der Waals surface area contributed by atoms with E-state index in [4.69, 9.17) is 5.73 Å². The Morgan fingerprint density at radius 3 is 2.75 bits per heavy atom. The molecular weight excluding hydrogens is 279 g/mol. The average Bonchev–Trinajstić information content (AvgIpc) is 2.43. The number of nitro groups is 1. The highest BCUT2D eigenvalue weighted by Gasteiger charge is 2.12. The van der Waals surface area contributed by atoms with Crippen LogP contribution in [0.3, 0.4) is 0 Å². The maximum atomic E-state index is 13.1. The number of benzene rings is 2. The Morgan fingerprint density at radius 1 is 1.25 bits per heavy atom. The molecule has 0 radical (unpaired) electrons. The van der Waals surface area contributed by atoms with E-state index in [-0.39, 0.29) is 11.5 Å². The second kappa shape index (κ2) is 6.38. The number of para-hydroxylation sites is 1. The van der Waals surface area contributed by atoms with E-state index in [2.05, 4.69) is 0 Å². The lowest BCUT2D eigenvalue weighted by atomic mass is 10.1. The van der Waals surface area contributed by atoms with Gasteiger partial charge in [0.15, 0.2) is 0 Å². The van der Waals surface area contributed by atoms with E-state index < -0.39 is 4.92 Å². The van der Waals surface area contributed by atoms with Gasteiger partial charge in [0, 0.05) is 28.0 Å². The molecule has 0 heterocycles. The summed E-state index contributed by atoms with van der Waals surface area (Å²) in [6.07, 6.45) is 0.526. The Balaban J connectivity index is 2.03. The molecule has 104 valence electrons. The van der Waals surface area contributed by atoms with Gasteiger partial charge in [0.25, 0.3) is 5.69 Å². The topological polar surface area (TPSA) is 69.2 Å². The molecule has 20 heavy (non-hydrogen) atoms. The Bertz CT molecular complexity index is 634. The molecule has 0 aliphatic carbocycles. The van der Waals surface area contributed by atoms with Gasteiger partial charge in [-0.15, -0.1) is 11.8 Å². The van der Waals surface area contributed by atoms with Crippen molar-refractivity contribution in [1.29, 1.82) is 0 Å². The van der Waals surface area contributed by atoms with Crippen molar-refractivity contribution in [1.82, 2.24) is 0 Å². The number of halogens is 1. The number of nitro benzene ring substituents is 1. The third-order valence-electron chi connectivity index (χ3n) is 2.79. The zero-order chi connectivity index (χ0) is 14.5. The molecule has 0 saturated carbocycles. The summed E-state index contributed by atoms with van der Waals surface area (Å²) in [5.41, 5.74) is 7.04. The van der Waals surface area contributed by atoms with Crippen LogP contribution in [0.1, 0.15) is 5.56 Å². The first-order valence-corrected chi connectivity index (χ1v) is 6.96. The van der Waals surface area contributed by atoms with E-state index >= 15 is 0 Å². The lowest BCUT2D eigenvalue weighted by Gasteiger charge is -2.06. The number of nitrogens with zero attached hydrogens (tertiary/aromatic N) is 1. The SMILES string of the molecule is Nc1ccc(F)cc1SCCc1ccccc1[N+](=O)[O-]. The number of hydrogen-bond donors (Lipinski definition) is 1. The fourth-order valence-corrected chi connectivity index (χ4v) is 2.78. The molecule has 2 aromatic rings. The van der Waals surface area contributed by atoms with Crippen molar-refractivity contribution in [2.45, 2.75) is 11.3 Å². The fraction of sp³-hybridized carbons (Fsp3) is 0.143. The summed E-state index contributed by atoms with van der Waals surface area (Å²) >= 11 is 1.39. The van der Waals surface area contributed by atoms with Gasteiger partial charge in [-0.3, -0.25) is 10.1 Å². The minimum atomic E-state index is -0.392. The highest BCUT2D eigenvalue weighted by molar-refractivity contribution is 7.99. The summed E-state index contributed by atoms with van der Waals surface area (Å²) in [6.45, 7) is 0. The van der Waals surface area contributed by atoms with Crippen LogP contribution in [0.15, 0.2) is 47.4 Å². The molecule has 2 N–H and O–H groups in total. The highest BCUT2D eigenvalue weighted by atomic mass is 32.2. The minimum absolute atomic E-state index is 0.111. The Morgan fingerprint density at radius 2 is 2.00 bits per heavy atom. The molecule has 0 fully saturated rings. The predicted molar refractivity (Wildman–Crippen MR) is 78.3 cm³/mol. The third kappa shape index (κ3) is 3.48. The Kier molecular flexibility index (Phi) is 4.57. The van der Waals surface area contributed by atoms with Crippen molar-refractivity contribution >= 4 is 23.1 Å². The first-order chi connectivity index (χ1) is 9.58. The van der Waals surface area contributed by atoms with Gasteiger partial charge in [-0.1, -0.05) is 18.2 Å². The monoisotopic (exact) mass is 292 g/mol. The normalized spacial score (nSPS) is 10.4. The summed E-state index contributed by atoms with van der Waals surface area (Å²) < 4.78 is 13.1. The van der Waals surface area contributed by atoms with Gasteiger partial charge in [0.05, 0.1) is 4.92 Å². The molecule has 0 atom stereocenters. The lowest BCUT2D eigenvalue weighted by molar-refractivity contribution is -0.385. The molecular formula is C14H13FN2O2S. The summed E-state index contributed by atoms with van der Waals surface area (Å²) in [4.78, 5) is 11.1. The average molecular weight is 292 g/mol. The Labute approximate surface area is 119 Å². The molecule has 0 amide bonds. The lowest BCUT2D eigenvalue weighted by Crippen LogP contribution is -1.97. The van der Waals surface area contributed by atoms with Crippen LogP contribution in [-0.4, -0.2) is 10.7 Å². The number of hydrogen-bond acceptors (Lipinski definition) is 4. The van der Waals surface area contributed by atoms with E-state index in [0.717, 1.165) is 0 Å². The first kappa shape index (κ1) is 14.3. The van der Waals surface area contributed by atoms with Gasteiger partial charge in [0.1, 0.15) is 5.82 Å². The number of nitrogen functional groups attached to an aromatic ring is 1. The molecule has 0 bridgehead atoms. The molecule has 0 unspecified atom stereocenters. The summed E-state index contributed by atoms with van der Waals surface area (Å²) in [5.74, 6) is 0.255. The Hall–Kier alpha value is -2.08. The summed E-state index contributed by atoms with van der Waals surface area (Å²) in [6, 6.07) is 10.8. The van der Waals surface area contributed by atoms with E-state index in [1.54, 1.807) is 18.2 Å². The number of aryl methyl sites for hydroxylation is 1. The van der Waals surface area contributed by atoms with Crippen LogP contribution in [0.5, 0.6) is 0 Å². The van der Waals surface area contributed by atoms with Gasteiger partial charge < -0.3 is 5.73 Å². The number of nitrogens with two attached hydrogens (primary N) is 1. The molecule has 0 aliphatic rings. The standard InChI is InChI=1S/C14H13FN2O2S/c15-11-5-6-12(16)14(9-11)20-8-7-10-3-1-2-4-13(10)17(18)19/h1-6,9H,7-8,16H2. The van der Waals surface area contributed by atoms with Crippen LogP contribution in [0.4, 0.5) is 15.8 Å². The molecule has 4 nitrogen and oxygen atoms in total. The summed E-state index contributed by atoms with van der Waals surface area (Å²) in [5, 5.41) is 10.9. The second-order valence-electron chi connectivity index (χ2n) is 4.17. The fourth-order valence-electron chi connectivity index (χ4n) is 1.80. The number of anilines is 1. The van der Waals surface area contributed by atoms with E-state index in [1.807, 2.05) is 0 Å². The zero-order valence-electron chi connectivity index (χ0n) is 10.6. The van der Waals surface area contributed by atoms with E-state index in [0.29, 0.717) is 28.3 Å². The number of rotatable bonds is 5. The van der Waals surface area contributed by atoms with Gasteiger partial charge in [-0.2, -0.15) is 0 Å². The predicted octanol–water partition coefficient (Wildman–Crippen LogP) is 3.65. The largest absolute Gasteiger partial charge is 0.398 e. The summed E-state index contributed by atoms with van der Waals surface area (Å²) in [7, 11) is 0. The van der Waals surface area contributed by atoms with Crippen molar-refractivity contribution in [2.24, 2.45) is 0 Å². The van der Waals surface area contributed by atoms with Crippen molar-refractivity contribution in [2.75, 3.05) is 11.5 Å². The first-order valence-electron chi connectivity index (χ1n) is 5.98. The molecule has 0 saturated heterocycles. The molecule has 6 heteroatoms. The minimum Gasteiger partial charge on any atom is -0.398 e. The number of thioether (sulfide) groups is 1. The van der Waals surface area contributed by atoms with Crippen molar-refractivity contribution in [3.8, 4) is 0 Å². The molecule has 0 aliphatic heterocycles. The van der Waals surface area contributed by atoms with Crippen LogP contribution in [0.2, 0.25) is 0 Å². The molecule has 0 spiro atoms.